The molecule has 0 saturated carbocycles. The lowest BCUT2D eigenvalue weighted by Crippen LogP contribution is -2.68. The summed E-state index contributed by atoms with van der Waals surface area (Å²) in [6.07, 6.45) is -2.64. The summed E-state index contributed by atoms with van der Waals surface area (Å²) in [4.78, 5) is 23.5. The Morgan fingerprint density at radius 3 is 1.30 bits per heavy atom. The van der Waals surface area contributed by atoms with Crippen LogP contribution in [-0.2, 0) is 38.0 Å². The number of carbonyl (C=O) groups is 2. The number of hydrogen-bond acceptors (Lipinski definition) is 8. The maximum absolute atomic E-state index is 11.8. The van der Waals surface area contributed by atoms with Crippen LogP contribution in [-0.4, -0.2) is 64.2 Å². The van der Waals surface area contributed by atoms with E-state index in [-0.39, 0.29) is 0 Å². The van der Waals surface area contributed by atoms with Gasteiger partial charge in [-0.15, -0.1) is 0 Å². The number of esters is 2. The fraction of sp³-hybridized carbons (Fsp3) is 0.833. The normalized spacial score (nSPS) is 37.3. The zero-order valence-corrected chi connectivity index (χ0v) is 12.4. The van der Waals surface area contributed by atoms with E-state index in [1.807, 2.05) is 0 Å². The van der Waals surface area contributed by atoms with Crippen LogP contribution in [0.5, 0.6) is 0 Å². The summed E-state index contributed by atoms with van der Waals surface area (Å²) in [5, 5.41) is 0. The molecule has 0 aromatic carbocycles. The van der Waals surface area contributed by atoms with Gasteiger partial charge in [-0.1, -0.05) is 0 Å². The zero-order valence-electron chi connectivity index (χ0n) is 12.4. The minimum atomic E-state index is -1.41. The number of carbonyl (C=O) groups excluding carboxylic acids is 2. The molecular formula is C12H20O8. The molecule has 116 valence electrons. The standard InChI is InChI=1S/C12H20O8/c1-11(17-5)12(2,18-6)20-8(10(14)16-4)7(19-11)9(13)15-3/h7-8H,1-6H3. The quantitative estimate of drug-likeness (QED) is 0.660. The van der Waals surface area contributed by atoms with Crippen LogP contribution in [0.15, 0.2) is 0 Å². The van der Waals surface area contributed by atoms with Crippen molar-refractivity contribution in [1.82, 2.24) is 0 Å². The Kier molecular flexibility index (Phi) is 5.09. The number of rotatable bonds is 4. The van der Waals surface area contributed by atoms with E-state index in [2.05, 4.69) is 9.47 Å². The molecule has 20 heavy (non-hydrogen) atoms. The Morgan fingerprint density at radius 2 is 1.10 bits per heavy atom. The summed E-state index contributed by atoms with van der Waals surface area (Å²) in [6, 6.07) is 0. The van der Waals surface area contributed by atoms with E-state index in [0.717, 1.165) is 0 Å². The van der Waals surface area contributed by atoms with Gasteiger partial charge in [0.25, 0.3) is 0 Å². The summed E-state index contributed by atoms with van der Waals surface area (Å²) in [5.74, 6) is -4.38. The van der Waals surface area contributed by atoms with Gasteiger partial charge in [-0.05, 0) is 13.8 Å². The molecule has 8 nitrogen and oxygen atoms in total. The lowest BCUT2D eigenvalue weighted by Gasteiger charge is -2.50. The first-order valence-electron chi connectivity index (χ1n) is 5.90. The highest BCUT2D eigenvalue weighted by Crippen LogP contribution is 2.39. The van der Waals surface area contributed by atoms with Crippen LogP contribution in [0.25, 0.3) is 0 Å². The third kappa shape index (κ3) is 2.64. The van der Waals surface area contributed by atoms with Crippen LogP contribution < -0.4 is 0 Å². The molecule has 0 radical (unpaired) electrons. The third-order valence-corrected chi connectivity index (χ3v) is 3.45. The Bertz CT molecular complexity index is 348. The molecule has 1 heterocycles. The maximum atomic E-state index is 11.8. The summed E-state index contributed by atoms with van der Waals surface area (Å²) in [7, 11) is 5.09. The molecule has 0 amide bonds. The SMILES string of the molecule is COC(=O)C1OC(C)(OC)C(C)(OC)OC1C(=O)OC. The van der Waals surface area contributed by atoms with Crippen molar-refractivity contribution < 1.29 is 38.0 Å². The van der Waals surface area contributed by atoms with Crippen molar-refractivity contribution in [2.75, 3.05) is 28.4 Å². The highest BCUT2D eigenvalue weighted by atomic mass is 16.8. The van der Waals surface area contributed by atoms with Gasteiger partial charge in [0, 0.05) is 14.2 Å². The minimum absolute atomic E-state index is 0.776. The van der Waals surface area contributed by atoms with E-state index >= 15 is 0 Å². The van der Waals surface area contributed by atoms with E-state index in [9.17, 15) is 9.59 Å². The Hall–Kier alpha value is -1.22. The van der Waals surface area contributed by atoms with Crippen molar-refractivity contribution in [1.29, 1.82) is 0 Å². The number of ether oxygens (including phenoxy) is 6. The summed E-state index contributed by atoms with van der Waals surface area (Å²) >= 11 is 0. The van der Waals surface area contributed by atoms with E-state index in [1.165, 1.54) is 42.3 Å². The summed E-state index contributed by atoms with van der Waals surface area (Å²) in [5.41, 5.74) is 0. The fourth-order valence-electron chi connectivity index (χ4n) is 1.86. The van der Waals surface area contributed by atoms with Crippen molar-refractivity contribution >= 4 is 11.9 Å². The second kappa shape index (κ2) is 6.04. The molecule has 0 aromatic rings. The van der Waals surface area contributed by atoms with E-state index < -0.39 is 35.7 Å². The van der Waals surface area contributed by atoms with Crippen LogP contribution in [0.4, 0.5) is 0 Å². The molecule has 8 heteroatoms. The van der Waals surface area contributed by atoms with Gasteiger partial charge in [0.1, 0.15) is 0 Å². The Labute approximate surface area is 117 Å². The molecule has 0 spiro atoms. The van der Waals surface area contributed by atoms with Crippen LogP contribution in [0, 0.1) is 0 Å². The molecule has 1 saturated heterocycles. The van der Waals surface area contributed by atoms with Crippen molar-refractivity contribution in [3.63, 3.8) is 0 Å². The number of hydrogen-bond donors (Lipinski definition) is 0. The monoisotopic (exact) mass is 292 g/mol. The highest BCUT2D eigenvalue weighted by molar-refractivity contribution is 5.85. The van der Waals surface area contributed by atoms with Gasteiger partial charge in [-0.25, -0.2) is 9.59 Å². The van der Waals surface area contributed by atoms with Gasteiger partial charge in [-0.3, -0.25) is 0 Å². The van der Waals surface area contributed by atoms with Gasteiger partial charge in [-0.2, -0.15) is 0 Å². The molecule has 1 fully saturated rings. The van der Waals surface area contributed by atoms with Gasteiger partial charge < -0.3 is 28.4 Å². The smallest absolute Gasteiger partial charge is 0.338 e. The second-order valence-corrected chi connectivity index (χ2v) is 4.42. The Morgan fingerprint density at radius 1 is 0.800 bits per heavy atom. The fourth-order valence-corrected chi connectivity index (χ4v) is 1.86. The highest BCUT2D eigenvalue weighted by Gasteiger charge is 2.60. The molecular weight excluding hydrogens is 272 g/mol. The largest absolute Gasteiger partial charge is 0.467 e. The van der Waals surface area contributed by atoms with E-state index in [1.54, 1.807) is 0 Å². The molecule has 1 rings (SSSR count). The second-order valence-electron chi connectivity index (χ2n) is 4.42. The van der Waals surface area contributed by atoms with Crippen molar-refractivity contribution in [3.05, 3.63) is 0 Å². The van der Waals surface area contributed by atoms with Gasteiger partial charge in [0.2, 0.25) is 11.6 Å². The molecule has 1 aliphatic heterocycles. The van der Waals surface area contributed by atoms with Crippen LogP contribution in [0.2, 0.25) is 0 Å². The predicted octanol–water partition coefficient (Wildman–Crippen LogP) is -0.158. The van der Waals surface area contributed by atoms with Crippen LogP contribution in [0.1, 0.15) is 13.8 Å². The molecule has 0 N–H and O–H groups in total. The molecule has 1 aliphatic rings. The summed E-state index contributed by atoms with van der Waals surface area (Å²) in [6.45, 7) is 3.06. The van der Waals surface area contributed by atoms with E-state index in [0.29, 0.717) is 0 Å². The molecule has 4 atom stereocenters. The molecule has 4 unspecified atom stereocenters. The van der Waals surface area contributed by atoms with Crippen molar-refractivity contribution in [2.45, 2.75) is 37.6 Å². The molecule has 0 bridgehead atoms. The van der Waals surface area contributed by atoms with Crippen molar-refractivity contribution in [3.8, 4) is 0 Å². The first kappa shape index (κ1) is 16.8. The average Bonchev–Trinajstić information content (AvgIpc) is 2.47. The van der Waals surface area contributed by atoms with E-state index in [4.69, 9.17) is 18.9 Å². The van der Waals surface area contributed by atoms with Gasteiger partial charge in [0.05, 0.1) is 14.2 Å². The van der Waals surface area contributed by atoms with Gasteiger partial charge >= 0.3 is 11.9 Å². The predicted molar refractivity (Wildman–Crippen MR) is 64.6 cm³/mol. The minimum Gasteiger partial charge on any atom is -0.467 e. The first-order chi connectivity index (χ1) is 9.28. The van der Waals surface area contributed by atoms with Gasteiger partial charge in [0.15, 0.2) is 12.2 Å². The summed E-state index contributed by atoms with van der Waals surface area (Å²) < 4.78 is 30.8. The lowest BCUT2D eigenvalue weighted by molar-refractivity contribution is -0.439. The third-order valence-electron chi connectivity index (χ3n) is 3.45. The maximum Gasteiger partial charge on any atom is 0.338 e. The Balaban J connectivity index is 3.18. The van der Waals surface area contributed by atoms with Crippen molar-refractivity contribution in [2.24, 2.45) is 0 Å². The van der Waals surface area contributed by atoms with Crippen LogP contribution >= 0.6 is 0 Å². The lowest BCUT2D eigenvalue weighted by atomic mass is 10.0. The molecule has 0 aromatic heterocycles. The average molecular weight is 292 g/mol. The number of methoxy groups -OCH3 is 4. The topological polar surface area (TPSA) is 89.5 Å². The molecule has 0 aliphatic carbocycles. The van der Waals surface area contributed by atoms with Crippen LogP contribution in [0.3, 0.4) is 0 Å². The zero-order chi connectivity index (χ0) is 15.6. The first-order valence-corrected chi connectivity index (χ1v) is 5.90.